The monoisotopic (exact) mass is 271 g/mol. The standard InChI is InChI=1S/C16H21N3O/c1-15(2)11-7-8-16(15,3)13(10-11)18-19-14(20)12-6-4-5-9-17-12/h4-6,9,11H,7-8,10H2,1-3H3,(H,19,20)/b18-13+. The topological polar surface area (TPSA) is 54.4 Å². The van der Waals surface area contributed by atoms with Crippen molar-refractivity contribution in [3.05, 3.63) is 30.1 Å². The van der Waals surface area contributed by atoms with E-state index in [2.05, 4.69) is 36.3 Å². The van der Waals surface area contributed by atoms with Crippen molar-refractivity contribution >= 4 is 11.6 Å². The summed E-state index contributed by atoms with van der Waals surface area (Å²) in [5.74, 6) is 0.459. The molecule has 2 aliphatic rings. The molecule has 0 aromatic carbocycles. The van der Waals surface area contributed by atoms with Crippen molar-refractivity contribution in [3.8, 4) is 0 Å². The Kier molecular flexibility index (Phi) is 2.92. The van der Waals surface area contributed by atoms with Crippen molar-refractivity contribution in [3.63, 3.8) is 0 Å². The second-order valence-corrected chi connectivity index (χ2v) is 6.71. The number of aromatic nitrogens is 1. The summed E-state index contributed by atoms with van der Waals surface area (Å²) in [6.07, 6.45) is 5.07. The Labute approximate surface area is 119 Å². The lowest BCUT2D eigenvalue weighted by molar-refractivity contribution is 0.0949. The number of hydrazone groups is 1. The lowest BCUT2D eigenvalue weighted by Gasteiger charge is -2.34. The van der Waals surface area contributed by atoms with Crippen molar-refractivity contribution in [2.75, 3.05) is 0 Å². The van der Waals surface area contributed by atoms with Gasteiger partial charge in [0.15, 0.2) is 0 Å². The average Bonchev–Trinajstić information content (AvgIpc) is 2.78. The zero-order chi connectivity index (χ0) is 14.4. The summed E-state index contributed by atoms with van der Waals surface area (Å²) in [7, 11) is 0. The predicted molar refractivity (Wildman–Crippen MR) is 78.4 cm³/mol. The summed E-state index contributed by atoms with van der Waals surface area (Å²) in [5, 5.41) is 4.43. The first kappa shape index (κ1) is 13.3. The number of carbonyl (C=O) groups is 1. The van der Waals surface area contributed by atoms with Crippen LogP contribution < -0.4 is 5.43 Å². The molecule has 20 heavy (non-hydrogen) atoms. The molecule has 0 radical (unpaired) electrons. The van der Waals surface area contributed by atoms with Gasteiger partial charge in [0, 0.05) is 17.3 Å². The first-order valence-corrected chi connectivity index (χ1v) is 7.23. The smallest absolute Gasteiger partial charge is 0.266 e. The van der Waals surface area contributed by atoms with Crippen LogP contribution in [-0.2, 0) is 0 Å². The summed E-state index contributed by atoms with van der Waals surface area (Å²) >= 11 is 0. The summed E-state index contributed by atoms with van der Waals surface area (Å²) in [6.45, 7) is 6.94. The van der Waals surface area contributed by atoms with Crippen LogP contribution in [0.4, 0.5) is 0 Å². The third-order valence-electron chi connectivity index (χ3n) is 5.70. The number of pyridine rings is 1. The lowest BCUT2D eigenvalue weighted by atomic mass is 9.70. The highest BCUT2D eigenvalue weighted by molar-refractivity contribution is 5.97. The number of rotatable bonds is 2. The largest absolute Gasteiger partial charge is 0.289 e. The number of nitrogens with zero attached hydrogens (tertiary/aromatic N) is 2. The van der Waals surface area contributed by atoms with Gasteiger partial charge in [0.05, 0.1) is 0 Å². The Morgan fingerprint density at radius 3 is 2.75 bits per heavy atom. The first-order chi connectivity index (χ1) is 9.45. The van der Waals surface area contributed by atoms with Gasteiger partial charge in [0.2, 0.25) is 0 Å². The van der Waals surface area contributed by atoms with Gasteiger partial charge in [-0.25, -0.2) is 5.43 Å². The molecule has 1 heterocycles. The maximum Gasteiger partial charge on any atom is 0.289 e. The maximum absolute atomic E-state index is 12.0. The fourth-order valence-electron chi connectivity index (χ4n) is 3.77. The Bertz CT molecular complexity index is 564. The van der Waals surface area contributed by atoms with Gasteiger partial charge < -0.3 is 0 Å². The van der Waals surface area contributed by atoms with Crippen LogP contribution >= 0.6 is 0 Å². The van der Waals surface area contributed by atoms with Gasteiger partial charge in [-0.05, 0) is 42.7 Å². The quantitative estimate of drug-likeness (QED) is 0.841. The molecule has 0 aliphatic heterocycles. The molecule has 0 saturated heterocycles. The van der Waals surface area contributed by atoms with E-state index in [4.69, 9.17) is 0 Å². The number of fused-ring (bicyclic) bond motifs is 2. The zero-order valence-corrected chi connectivity index (χ0v) is 12.3. The van der Waals surface area contributed by atoms with Crippen molar-refractivity contribution in [1.82, 2.24) is 10.4 Å². The van der Waals surface area contributed by atoms with Crippen LogP contribution in [0.2, 0.25) is 0 Å². The van der Waals surface area contributed by atoms with Gasteiger partial charge >= 0.3 is 0 Å². The minimum atomic E-state index is -0.234. The van der Waals surface area contributed by atoms with Crippen LogP contribution in [0.15, 0.2) is 29.5 Å². The fourth-order valence-corrected chi connectivity index (χ4v) is 3.77. The lowest BCUT2D eigenvalue weighted by Crippen LogP contribution is -2.34. The molecule has 1 aromatic heterocycles. The molecule has 106 valence electrons. The molecule has 2 saturated carbocycles. The minimum Gasteiger partial charge on any atom is -0.266 e. The molecule has 4 heteroatoms. The van der Waals surface area contributed by atoms with Gasteiger partial charge in [0.1, 0.15) is 5.69 Å². The second-order valence-electron chi connectivity index (χ2n) is 6.71. The fraction of sp³-hybridized carbons (Fsp3) is 0.562. The molecule has 0 spiro atoms. The molecular formula is C16H21N3O. The number of hydrogen-bond acceptors (Lipinski definition) is 3. The number of amides is 1. The summed E-state index contributed by atoms with van der Waals surface area (Å²) in [4.78, 5) is 16.0. The number of nitrogens with one attached hydrogen (secondary N) is 1. The van der Waals surface area contributed by atoms with Gasteiger partial charge in [-0.2, -0.15) is 5.10 Å². The molecular weight excluding hydrogens is 250 g/mol. The first-order valence-electron chi connectivity index (χ1n) is 7.23. The molecule has 3 rings (SSSR count). The van der Waals surface area contributed by atoms with Crippen LogP contribution in [0.3, 0.4) is 0 Å². The zero-order valence-electron chi connectivity index (χ0n) is 12.3. The third kappa shape index (κ3) is 1.78. The summed E-state index contributed by atoms with van der Waals surface area (Å²) < 4.78 is 0. The van der Waals surface area contributed by atoms with Crippen LogP contribution in [0, 0.1) is 16.7 Å². The highest BCUT2D eigenvalue weighted by Gasteiger charge is 2.59. The SMILES string of the molecule is CC12CCC(C/C1=N\NC(=O)c1ccccn1)C2(C)C. The molecule has 2 atom stereocenters. The van der Waals surface area contributed by atoms with E-state index in [1.54, 1.807) is 24.4 Å². The Morgan fingerprint density at radius 2 is 2.20 bits per heavy atom. The minimum absolute atomic E-state index is 0.120. The van der Waals surface area contributed by atoms with E-state index in [1.165, 1.54) is 12.8 Å². The van der Waals surface area contributed by atoms with E-state index in [-0.39, 0.29) is 16.7 Å². The molecule has 1 aromatic rings. The Morgan fingerprint density at radius 1 is 1.40 bits per heavy atom. The average molecular weight is 271 g/mol. The second kappa shape index (κ2) is 4.40. The molecule has 4 nitrogen and oxygen atoms in total. The van der Waals surface area contributed by atoms with E-state index in [1.807, 2.05) is 0 Å². The van der Waals surface area contributed by atoms with E-state index in [0.29, 0.717) is 11.6 Å². The predicted octanol–water partition coefficient (Wildman–Crippen LogP) is 3.01. The van der Waals surface area contributed by atoms with E-state index in [0.717, 1.165) is 12.1 Å². The van der Waals surface area contributed by atoms with Crippen molar-refractivity contribution in [2.45, 2.75) is 40.0 Å². The summed E-state index contributed by atoms with van der Waals surface area (Å²) in [5.41, 5.74) is 4.62. The molecule has 1 amide bonds. The van der Waals surface area contributed by atoms with Gasteiger partial charge in [-0.1, -0.05) is 26.8 Å². The van der Waals surface area contributed by atoms with Crippen LogP contribution in [0.1, 0.15) is 50.5 Å². The van der Waals surface area contributed by atoms with Crippen molar-refractivity contribution in [1.29, 1.82) is 0 Å². The van der Waals surface area contributed by atoms with Crippen LogP contribution in [0.25, 0.3) is 0 Å². The van der Waals surface area contributed by atoms with Crippen molar-refractivity contribution < 1.29 is 4.79 Å². The highest BCUT2D eigenvalue weighted by atomic mass is 16.2. The van der Waals surface area contributed by atoms with Crippen molar-refractivity contribution in [2.24, 2.45) is 21.8 Å². The molecule has 2 bridgehead atoms. The van der Waals surface area contributed by atoms with E-state index < -0.39 is 0 Å². The Hall–Kier alpha value is -1.71. The molecule has 1 N–H and O–H groups in total. The molecule has 2 fully saturated rings. The van der Waals surface area contributed by atoms with E-state index in [9.17, 15) is 4.79 Å². The maximum atomic E-state index is 12.0. The van der Waals surface area contributed by atoms with Crippen LogP contribution in [-0.4, -0.2) is 16.6 Å². The highest BCUT2D eigenvalue weighted by Crippen LogP contribution is 2.63. The van der Waals surface area contributed by atoms with Gasteiger partial charge in [-0.15, -0.1) is 0 Å². The number of carbonyl (C=O) groups excluding carboxylic acids is 1. The molecule has 2 unspecified atom stereocenters. The summed E-state index contributed by atoms with van der Waals surface area (Å²) in [6, 6.07) is 5.29. The normalized spacial score (nSPS) is 32.5. The van der Waals surface area contributed by atoms with E-state index >= 15 is 0 Å². The van der Waals surface area contributed by atoms with Gasteiger partial charge in [0.25, 0.3) is 5.91 Å². The van der Waals surface area contributed by atoms with Crippen LogP contribution in [0.5, 0.6) is 0 Å². The number of hydrogen-bond donors (Lipinski definition) is 1. The Balaban J connectivity index is 1.77. The molecule has 2 aliphatic carbocycles. The van der Waals surface area contributed by atoms with Gasteiger partial charge in [-0.3, -0.25) is 9.78 Å². The third-order valence-corrected chi connectivity index (χ3v) is 5.70.